The zero-order valence-electron chi connectivity index (χ0n) is 15.9. The first-order chi connectivity index (χ1) is 14.8. The lowest BCUT2D eigenvalue weighted by Crippen LogP contribution is -2.07. The van der Waals surface area contributed by atoms with E-state index in [-0.39, 0.29) is 22.6 Å². The van der Waals surface area contributed by atoms with Crippen LogP contribution in [0.15, 0.2) is 77.3 Å². The maximum absolute atomic E-state index is 13.6. The van der Waals surface area contributed by atoms with Crippen LogP contribution in [0.3, 0.4) is 0 Å². The van der Waals surface area contributed by atoms with E-state index in [2.05, 4.69) is 26.1 Å². The predicted octanol–water partition coefficient (Wildman–Crippen LogP) is 6.81. The smallest absolute Gasteiger partial charge is 0.433 e. The first-order valence-electron chi connectivity index (χ1n) is 9.24. The van der Waals surface area contributed by atoms with Crippen LogP contribution in [-0.4, -0.2) is 15.3 Å². The Labute approximate surface area is 184 Å². The minimum absolute atomic E-state index is 0.00163. The number of hydrogen-bond donors (Lipinski definition) is 2. The summed E-state index contributed by atoms with van der Waals surface area (Å²) >= 11 is 3.28. The molecule has 158 valence electrons. The highest BCUT2D eigenvalue weighted by Gasteiger charge is 2.38. The van der Waals surface area contributed by atoms with E-state index in [9.17, 15) is 18.3 Å². The summed E-state index contributed by atoms with van der Waals surface area (Å²) in [5, 5.41) is 16.5. The van der Waals surface area contributed by atoms with Gasteiger partial charge in [0.05, 0.1) is 0 Å². The maximum Gasteiger partial charge on any atom is 0.433 e. The van der Waals surface area contributed by atoms with E-state index < -0.39 is 11.9 Å². The van der Waals surface area contributed by atoms with Crippen molar-refractivity contribution < 1.29 is 23.0 Å². The number of aromatic nitrogens is 2. The Morgan fingerprint density at radius 3 is 2.32 bits per heavy atom. The van der Waals surface area contributed by atoms with Crippen molar-refractivity contribution in [3.05, 3.63) is 88.5 Å². The summed E-state index contributed by atoms with van der Waals surface area (Å²) in [6, 6.07) is 20.3. The van der Waals surface area contributed by atoms with Gasteiger partial charge >= 0.3 is 6.18 Å². The van der Waals surface area contributed by atoms with Crippen LogP contribution in [-0.2, 0) is 12.8 Å². The molecule has 0 saturated carbocycles. The number of phenolic OH excluding ortho intramolecular Hbond substituents is 1. The highest BCUT2D eigenvalue weighted by atomic mass is 79.9. The predicted molar refractivity (Wildman–Crippen MR) is 115 cm³/mol. The molecule has 3 aromatic carbocycles. The third-order valence-corrected chi connectivity index (χ3v) is 5.18. The van der Waals surface area contributed by atoms with E-state index >= 15 is 0 Å². The van der Waals surface area contributed by atoms with Crippen LogP contribution in [0.5, 0.6) is 11.5 Å². The lowest BCUT2D eigenvalue weighted by atomic mass is 9.98. The van der Waals surface area contributed by atoms with Crippen molar-refractivity contribution in [1.82, 2.24) is 10.2 Å². The molecule has 0 bridgehead atoms. The first-order valence-corrected chi connectivity index (χ1v) is 10.0. The number of rotatable bonds is 5. The molecule has 0 spiro atoms. The Morgan fingerprint density at radius 2 is 1.68 bits per heavy atom. The lowest BCUT2D eigenvalue weighted by molar-refractivity contribution is -0.140. The van der Waals surface area contributed by atoms with Crippen molar-refractivity contribution in [3.8, 4) is 33.9 Å². The molecule has 0 aliphatic heterocycles. The molecule has 0 atom stereocenters. The monoisotopic (exact) mass is 488 g/mol. The molecule has 4 aromatic rings. The maximum atomic E-state index is 13.6. The molecule has 0 amide bonds. The molecular formula is C23H16BrF3N2O2. The minimum Gasteiger partial charge on any atom is -0.507 e. The molecule has 0 aliphatic rings. The SMILES string of the molecule is Oc1cc(OCc2ccccc2)ccc1-c1n[nH]c(C(F)(F)F)c1-c1ccc(Br)cc1. The third kappa shape index (κ3) is 4.59. The number of halogens is 4. The largest absolute Gasteiger partial charge is 0.507 e. The van der Waals surface area contributed by atoms with Crippen LogP contribution < -0.4 is 4.74 Å². The first kappa shape index (κ1) is 21.0. The second-order valence-corrected chi connectivity index (χ2v) is 7.70. The molecule has 0 unspecified atom stereocenters. The van der Waals surface area contributed by atoms with Crippen LogP contribution in [0.25, 0.3) is 22.4 Å². The van der Waals surface area contributed by atoms with Gasteiger partial charge in [-0.05, 0) is 35.4 Å². The van der Waals surface area contributed by atoms with Gasteiger partial charge in [0.2, 0.25) is 0 Å². The summed E-state index contributed by atoms with van der Waals surface area (Å²) < 4.78 is 47.2. The average molecular weight is 489 g/mol. The summed E-state index contributed by atoms with van der Waals surface area (Å²) in [5.41, 5.74) is 0.328. The van der Waals surface area contributed by atoms with Gasteiger partial charge in [0.15, 0.2) is 0 Å². The molecule has 0 radical (unpaired) electrons. The van der Waals surface area contributed by atoms with Crippen molar-refractivity contribution in [2.75, 3.05) is 0 Å². The third-order valence-electron chi connectivity index (χ3n) is 4.66. The Kier molecular flexibility index (Phi) is 5.73. The van der Waals surface area contributed by atoms with Gasteiger partial charge in [0.1, 0.15) is 29.5 Å². The number of ether oxygens (including phenoxy) is 1. The van der Waals surface area contributed by atoms with E-state index in [1.54, 1.807) is 30.3 Å². The van der Waals surface area contributed by atoms with E-state index in [0.717, 1.165) is 10.0 Å². The van der Waals surface area contributed by atoms with Gasteiger partial charge in [0.25, 0.3) is 0 Å². The van der Waals surface area contributed by atoms with Gasteiger partial charge in [-0.15, -0.1) is 0 Å². The number of aromatic hydroxyl groups is 1. The molecule has 2 N–H and O–H groups in total. The Hall–Kier alpha value is -3.26. The average Bonchev–Trinajstić information content (AvgIpc) is 3.19. The molecule has 0 aliphatic carbocycles. The van der Waals surface area contributed by atoms with E-state index in [1.165, 1.54) is 12.1 Å². The van der Waals surface area contributed by atoms with E-state index in [0.29, 0.717) is 17.9 Å². The van der Waals surface area contributed by atoms with Crippen LogP contribution in [0.1, 0.15) is 11.3 Å². The molecule has 31 heavy (non-hydrogen) atoms. The summed E-state index contributed by atoms with van der Waals surface area (Å²) in [7, 11) is 0. The van der Waals surface area contributed by atoms with Crippen molar-refractivity contribution in [3.63, 3.8) is 0 Å². The van der Waals surface area contributed by atoms with Crippen LogP contribution in [0.2, 0.25) is 0 Å². The molecule has 8 heteroatoms. The summed E-state index contributed by atoms with van der Waals surface area (Å²) in [4.78, 5) is 0. The Balaban J connectivity index is 1.71. The molecule has 4 nitrogen and oxygen atoms in total. The van der Waals surface area contributed by atoms with Crippen molar-refractivity contribution >= 4 is 15.9 Å². The van der Waals surface area contributed by atoms with Gasteiger partial charge in [-0.25, -0.2) is 0 Å². The zero-order valence-corrected chi connectivity index (χ0v) is 17.5. The van der Waals surface area contributed by atoms with Crippen LogP contribution in [0, 0.1) is 0 Å². The minimum atomic E-state index is -4.64. The quantitative estimate of drug-likeness (QED) is 0.324. The van der Waals surface area contributed by atoms with Gasteiger partial charge in [0, 0.05) is 21.7 Å². The molecule has 4 rings (SSSR count). The molecule has 1 heterocycles. The second kappa shape index (κ2) is 8.47. The highest BCUT2D eigenvalue weighted by Crippen LogP contribution is 2.43. The lowest BCUT2D eigenvalue weighted by Gasteiger charge is -2.11. The fraction of sp³-hybridized carbons (Fsp3) is 0.0870. The van der Waals surface area contributed by atoms with E-state index in [1.807, 2.05) is 30.3 Å². The topological polar surface area (TPSA) is 58.1 Å². The zero-order chi connectivity index (χ0) is 22.0. The molecule has 0 saturated heterocycles. The van der Waals surface area contributed by atoms with Crippen LogP contribution in [0.4, 0.5) is 13.2 Å². The molecular weight excluding hydrogens is 473 g/mol. The number of phenols is 1. The van der Waals surface area contributed by atoms with Crippen LogP contribution >= 0.6 is 15.9 Å². The second-order valence-electron chi connectivity index (χ2n) is 6.78. The number of hydrogen-bond acceptors (Lipinski definition) is 3. The summed E-state index contributed by atoms with van der Waals surface area (Å²) in [6.07, 6.45) is -4.64. The fourth-order valence-corrected chi connectivity index (χ4v) is 3.45. The molecule has 1 aromatic heterocycles. The van der Waals surface area contributed by atoms with Crippen molar-refractivity contribution in [1.29, 1.82) is 0 Å². The summed E-state index contributed by atoms with van der Waals surface area (Å²) in [6.45, 7) is 0.296. The Morgan fingerprint density at radius 1 is 0.968 bits per heavy atom. The number of alkyl halides is 3. The number of H-pyrrole nitrogens is 1. The normalized spacial score (nSPS) is 11.5. The number of benzene rings is 3. The van der Waals surface area contributed by atoms with Crippen molar-refractivity contribution in [2.24, 2.45) is 0 Å². The highest BCUT2D eigenvalue weighted by molar-refractivity contribution is 9.10. The van der Waals surface area contributed by atoms with Crippen molar-refractivity contribution in [2.45, 2.75) is 12.8 Å². The standard InChI is InChI=1S/C23H16BrF3N2O2/c24-16-8-6-15(7-9-16)20-21(28-29-22(20)23(25,26)27)18-11-10-17(12-19(18)30)31-13-14-4-2-1-3-5-14/h1-12,30H,13H2,(H,28,29). The van der Waals surface area contributed by atoms with E-state index in [4.69, 9.17) is 4.74 Å². The van der Waals surface area contributed by atoms with Gasteiger partial charge in [-0.2, -0.15) is 18.3 Å². The van der Waals surface area contributed by atoms with Gasteiger partial charge in [-0.1, -0.05) is 58.4 Å². The number of nitrogens with zero attached hydrogens (tertiary/aromatic N) is 1. The molecule has 0 fully saturated rings. The van der Waals surface area contributed by atoms with Gasteiger partial charge in [-0.3, -0.25) is 5.10 Å². The number of nitrogens with one attached hydrogen (secondary N) is 1. The number of aromatic amines is 1. The summed E-state index contributed by atoms with van der Waals surface area (Å²) in [5.74, 6) is 0.158. The van der Waals surface area contributed by atoms with Gasteiger partial charge < -0.3 is 9.84 Å². The fourth-order valence-electron chi connectivity index (χ4n) is 3.18. The Bertz CT molecular complexity index is 1190.